The van der Waals surface area contributed by atoms with Crippen molar-refractivity contribution >= 4 is 35.8 Å². The molecule has 0 saturated heterocycles. The molecule has 3 atom stereocenters. The number of hydrogen-bond acceptors (Lipinski definition) is 3. The van der Waals surface area contributed by atoms with Crippen LogP contribution in [0, 0.1) is 12.8 Å². The molecule has 1 aromatic rings. The highest BCUT2D eigenvalue weighted by Gasteiger charge is 2.25. The Morgan fingerprint density at radius 1 is 1.43 bits per heavy atom. The van der Waals surface area contributed by atoms with Gasteiger partial charge in [0, 0.05) is 27.8 Å². The highest BCUT2D eigenvalue weighted by Crippen LogP contribution is 2.29. The molecule has 23 heavy (non-hydrogen) atoms. The standard InChI is InChI=1S/C18H28N2OS.ClH/c1-4-13(3)22-16-8-9-17(12(2)10-16)20-18(21)14-6-5-7-15(19)11-14;/h8-10,13-15H,4-7,11,19H2,1-3H3,(H,20,21);1H. The topological polar surface area (TPSA) is 55.1 Å². The zero-order valence-electron chi connectivity index (χ0n) is 14.3. The molecule has 3 nitrogen and oxygen atoms in total. The minimum absolute atomic E-state index is 0. The average Bonchev–Trinajstić information content (AvgIpc) is 2.49. The molecule has 0 aliphatic heterocycles. The minimum atomic E-state index is 0. The summed E-state index contributed by atoms with van der Waals surface area (Å²) in [7, 11) is 0. The van der Waals surface area contributed by atoms with Gasteiger partial charge in [0.05, 0.1) is 0 Å². The summed E-state index contributed by atoms with van der Waals surface area (Å²) in [5.74, 6) is 0.192. The highest BCUT2D eigenvalue weighted by molar-refractivity contribution is 7.99. The van der Waals surface area contributed by atoms with Gasteiger partial charge in [0.2, 0.25) is 5.91 Å². The van der Waals surface area contributed by atoms with Gasteiger partial charge in [0.1, 0.15) is 0 Å². The Balaban J connectivity index is 0.00000264. The van der Waals surface area contributed by atoms with Crippen LogP contribution in [-0.4, -0.2) is 17.2 Å². The van der Waals surface area contributed by atoms with Gasteiger partial charge in [-0.3, -0.25) is 4.79 Å². The summed E-state index contributed by atoms with van der Waals surface area (Å²) in [6.45, 7) is 6.50. The van der Waals surface area contributed by atoms with Gasteiger partial charge in [-0.2, -0.15) is 0 Å². The lowest BCUT2D eigenvalue weighted by atomic mass is 9.85. The lowest BCUT2D eigenvalue weighted by Gasteiger charge is -2.26. The van der Waals surface area contributed by atoms with Crippen LogP contribution < -0.4 is 11.1 Å². The summed E-state index contributed by atoms with van der Waals surface area (Å²) in [6, 6.07) is 6.48. The second-order valence-corrected chi connectivity index (χ2v) is 7.94. The van der Waals surface area contributed by atoms with E-state index in [0.29, 0.717) is 5.25 Å². The van der Waals surface area contributed by atoms with Crippen LogP contribution in [0.4, 0.5) is 5.69 Å². The Bertz CT molecular complexity index is 524. The number of carbonyl (C=O) groups is 1. The van der Waals surface area contributed by atoms with Crippen LogP contribution in [-0.2, 0) is 4.79 Å². The van der Waals surface area contributed by atoms with E-state index in [9.17, 15) is 4.79 Å². The Kier molecular flexibility index (Phi) is 8.45. The zero-order valence-corrected chi connectivity index (χ0v) is 15.9. The van der Waals surface area contributed by atoms with Gasteiger partial charge in [-0.05, 0) is 56.4 Å². The van der Waals surface area contributed by atoms with Crippen LogP contribution in [0.2, 0.25) is 0 Å². The number of anilines is 1. The van der Waals surface area contributed by atoms with Crippen molar-refractivity contribution in [2.75, 3.05) is 5.32 Å². The number of carbonyl (C=O) groups excluding carboxylic acids is 1. The second kappa shape index (κ2) is 9.55. The van der Waals surface area contributed by atoms with Gasteiger partial charge in [-0.15, -0.1) is 24.2 Å². The summed E-state index contributed by atoms with van der Waals surface area (Å²) in [5.41, 5.74) is 8.04. The van der Waals surface area contributed by atoms with Gasteiger partial charge in [-0.1, -0.05) is 20.3 Å². The number of aryl methyl sites for hydroxylation is 1. The molecule has 1 aromatic carbocycles. The molecule has 0 spiro atoms. The summed E-state index contributed by atoms with van der Waals surface area (Å²) in [6.07, 6.45) is 5.03. The summed E-state index contributed by atoms with van der Waals surface area (Å²) < 4.78 is 0. The summed E-state index contributed by atoms with van der Waals surface area (Å²) in [4.78, 5) is 13.7. The fraction of sp³-hybridized carbons (Fsp3) is 0.611. The Morgan fingerprint density at radius 2 is 2.17 bits per heavy atom. The quantitative estimate of drug-likeness (QED) is 0.747. The third kappa shape index (κ3) is 6.02. The molecule has 3 unspecified atom stereocenters. The number of benzene rings is 1. The van der Waals surface area contributed by atoms with Crippen molar-refractivity contribution in [2.24, 2.45) is 11.7 Å². The number of halogens is 1. The highest BCUT2D eigenvalue weighted by atomic mass is 35.5. The van der Waals surface area contributed by atoms with Gasteiger partial charge < -0.3 is 11.1 Å². The van der Waals surface area contributed by atoms with Crippen molar-refractivity contribution in [2.45, 2.75) is 69.1 Å². The molecule has 1 amide bonds. The van der Waals surface area contributed by atoms with E-state index in [1.165, 1.54) is 4.90 Å². The Labute approximate surface area is 150 Å². The predicted octanol–water partition coefficient (Wildman–Crippen LogP) is 4.76. The molecule has 0 aromatic heterocycles. The molecule has 130 valence electrons. The second-order valence-electron chi connectivity index (χ2n) is 6.43. The van der Waals surface area contributed by atoms with Crippen LogP contribution in [0.1, 0.15) is 51.5 Å². The van der Waals surface area contributed by atoms with E-state index in [1.54, 1.807) is 0 Å². The molecule has 0 heterocycles. The lowest BCUT2D eigenvalue weighted by Crippen LogP contribution is -2.34. The first-order chi connectivity index (χ1) is 10.5. The van der Waals surface area contributed by atoms with Crippen molar-refractivity contribution < 1.29 is 4.79 Å². The number of nitrogens with one attached hydrogen (secondary N) is 1. The largest absolute Gasteiger partial charge is 0.328 e. The van der Waals surface area contributed by atoms with Crippen molar-refractivity contribution in [3.05, 3.63) is 23.8 Å². The first kappa shape index (κ1) is 20.3. The maximum absolute atomic E-state index is 12.4. The molecule has 1 saturated carbocycles. The van der Waals surface area contributed by atoms with Crippen molar-refractivity contribution in [3.63, 3.8) is 0 Å². The minimum Gasteiger partial charge on any atom is -0.328 e. The van der Waals surface area contributed by atoms with Gasteiger partial charge in [0.15, 0.2) is 0 Å². The molecule has 3 N–H and O–H groups in total. The fourth-order valence-electron chi connectivity index (χ4n) is 2.87. The molecular formula is C18H29ClN2OS. The van der Waals surface area contributed by atoms with Crippen LogP contribution in [0.15, 0.2) is 23.1 Å². The SMILES string of the molecule is CCC(C)Sc1ccc(NC(=O)C2CCCC(N)C2)c(C)c1.Cl. The first-order valence-corrected chi connectivity index (χ1v) is 9.21. The average molecular weight is 357 g/mol. The smallest absolute Gasteiger partial charge is 0.227 e. The monoisotopic (exact) mass is 356 g/mol. The molecule has 1 fully saturated rings. The maximum atomic E-state index is 12.4. The molecule has 0 radical (unpaired) electrons. The third-order valence-electron chi connectivity index (χ3n) is 4.45. The summed E-state index contributed by atoms with van der Waals surface area (Å²) >= 11 is 1.88. The Hall–Kier alpha value is -0.710. The number of amides is 1. The van der Waals surface area contributed by atoms with Crippen molar-refractivity contribution in [1.29, 1.82) is 0 Å². The lowest BCUT2D eigenvalue weighted by molar-refractivity contribution is -0.120. The van der Waals surface area contributed by atoms with Gasteiger partial charge >= 0.3 is 0 Å². The van der Waals surface area contributed by atoms with E-state index in [1.807, 2.05) is 17.8 Å². The van der Waals surface area contributed by atoms with E-state index >= 15 is 0 Å². The third-order valence-corrected chi connectivity index (χ3v) is 5.72. The molecule has 5 heteroatoms. The van der Waals surface area contributed by atoms with Crippen molar-refractivity contribution in [3.8, 4) is 0 Å². The van der Waals surface area contributed by atoms with E-state index in [-0.39, 0.29) is 30.3 Å². The predicted molar refractivity (Wildman–Crippen MR) is 103 cm³/mol. The molecule has 1 aliphatic carbocycles. The van der Waals surface area contributed by atoms with Crippen LogP contribution >= 0.6 is 24.2 Å². The fourth-order valence-corrected chi connectivity index (χ4v) is 3.89. The number of rotatable bonds is 5. The number of hydrogen-bond donors (Lipinski definition) is 2. The maximum Gasteiger partial charge on any atom is 0.227 e. The Morgan fingerprint density at radius 3 is 2.78 bits per heavy atom. The molecule has 1 aliphatic rings. The number of thioether (sulfide) groups is 1. The van der Waals surface area contributed by atoms with Gasteiger partial charge in [0.25, 0.3) is 0 Å². The summed E-state index contributed by atoms with van der Waals surface area (Å²) in [5, 5.41) is 3.71. The van der Waals surface area contributed by atoms with E-state index in [0.717, 1.165) is 43.4 Å². The van der Waals surface area contributed by atoms with E-state index < -0.39 is 0 Å². The number of nitrogens with two attached hydrogens (primary N) is 1. The van der Waals surface area contributed by atoms with Crippen molar-refractivity contribution in [1.82, 2.24) is 0 Å². The van der Waals surface area contributed by atoms with Gasteiger partial charge in [-0.25, -0.2) is 0 Å². The molecule has 2 rings (SSSR count). The van der Waals surface area contributed by atoms with Crippen LogP contribution in [0.3, 0.4) is 0 Å². The van der Waals surface area contributed by atoms with E-state index in [4.69, 9.17) is 5.73 Å². The van der Waals surface area contributed by atoms with E-state index in [2.05, 4.69) is 38.2 Å². The first-order valence-electron chi connectivity index (χ1n) is 8.33. The van der Waals surface area contributed by atoms with Crippen LogP contribution in [0.25, 0.3) is 0 Å². The molecule has 0 bridgehead atoms. The normalized spacial score (nSPS) is 22.1. The zero-order chi connectivity index (χ0) is 16.1. The van der Waals surface area contributed by atoms with Crippen LogP contribution in [0.5, 0.6) is 0 Å². The molecular weight excluding hydrogens is 328 g/mol.